The number of aromatic nitrogens is 1. The van der Waals surface area contributed by atoms with Crippen molar-refractivity contribution in [2.45, 2.75) is 12.6 Å². The normalized spacial score (nSPS) is 11.9. The Hall–Kier alpha value is -1.50. The maximum atomic E-state index is 11.9. The molecule has 17 heavy (non-hydrogen) atoms. The molecule has 0 atom stereocenters. The van der Waals surface area contributed by atoms with E-state index >= 15 is 0 Å². The van der Waals surface area contributed by atoms with Gasteiger partial charge in [-0.1, -0.05) is 0 Å². The Morgan fingerprint density at radius 2 is 2.12 bits per heavy atom. The van der Waals surface area contributed by atoms with Crippen LogP contribution in [0.2, 0.25) is 0 Å². The first-order chi connectivity index (χ1) is 7.97. The minimum Gasteiger partial charge on any atom is -0.491 e. The topological polar surface area (TPSA) is 48.1 Å². The Balaban J connectivity index is 2.11. The van der Waals surface area contributed by atoms with Crippen molar-refractivity contribution < 1.29 is 17.9 Å². The van der Waals surface area contributed by atoms with E-state index in [0.717, 1.165) is 4.70 Å². The number of halogens is 3. The molecule has 2 aromatic rings. The first-order valence-corrected chi connectivity index (χ1v) is 5.66. The van der Waals surface area contributed by atoms with E-state index < -0.39 is 19.2 Å². The highest BCUT2D eigenvalue weighted by molar-refractivity contribution is 7.16. The fourth-order valence-electron chi connectivity index (χ4n) is 1.34. The van der Waals surface area contributed by atoms with Crippen LogP contribution < -0.4 is 10.5 Å². The fourth-order valence-corrected chi connectivity index (χ4v) is 2.03. The largest absolute Gasteiger partial charge is 0.491 e. The third-order valence-corrected chi connectivity index (χ3v) is 2.94. The smallest absolute Gasteiger partial charge is 0.392 e. The van der Waals surface area contributed by atoms with Crippen molar-refractivity contribution in [2.24, 2.45) is 0 Å². The lowest BCUT2D eigenvalue weighted by Gasteiger charge is -2.10. The molecule has 7 heteroatoms. The van der Waals surface area contributed by atoms with Crippen molar-refractivity contribution in [1.29, 1.82) is 0 Å². The van der Waals surface area contributed by atoms with E-state index in [1.54, 1.807) is 17.6 Å². The van der Waals surface area contributed by atoms with E-state index in [9.17, 15) is 13.2 Å². The number of hydrogen-bond acceptors (Lipinski definition) is 4. The van der Waals surface area contributed by atoms with Gasteiger partial charge in [-0.05, 0) is 12.1 Å². The lowest BCUT2D eigenvalue weighted by atomic mass is 10.2. The summed E-state index contributed by atoms with van der Waals surface area (Å²) in [7, 11) is 0. The number of thiazole rings is 1. The SMILES string of the molecule is Nc1c(OCCC(F)(F)F)ccc2scnc12. The number of anilines is 1. The molecule has 0 saturated heterocycles. The highest BCUT2D eigenvalue weighted by Crippen LogP contribution is 2.32. The van der Waals surface area contributed by atoms with E-state index in [0.29, 0.717) is 5.52 Å². The highest BCUT2D eigenvalue weighted by Gasteiger charge is 2.27. The van der Waals surface area contributed by atoms with E-state index in [-0.39, 0.29) is 11.4 Å². The van der Waals surface area contributed by atoms with Gasteiger partial charge in [-0.25, -0.2) is 4.98 Å². The Morgan fingerprint density at radius 1 is 1.35 bits per heavy atom. The number of ether oxygens (including phenoxy) is 1. The van der Waals surface area contributed by atoms with Gasteiger partial charge in [-0.3, -0.25) is 0 Å². The summed E-state index contributed by atoms with van der Waals surface area (Å²) in [6, 6.07) is 3.29. The molecule has 1 aromatic carbocycles. The van der Waals surface area contributed by atoms with Crippen LogP contribution in [0.1, 0.15) is 6.42 Å². The van der Waals surface area contributed by atoms with Crippen LogP contribution in [-0.2, 0) is 0 Å². The number of nitrogen functional groups attached to an aromatic ring is 1. The molecule has 0 amide bonds. The summed E-state index contributed by atoms with van der Waals surface area (Å²) >= 11 is 1.41. The average Bonchev–Trinajstić information content (AvgIpc) is 2.68. The summed E-state index contributed by atoms with van der Waals surface area (Å²) in [5, 5.41) is 0. The van der Waals surface area contributed by atoms with Gasteiger partial charge in [0, 0.05) is 0 Å². The average molecular weight is 262 g/mol. The van der Waals surface area contributed by atoms with Gasteiger partial charge in [-0.15, -0.1) is 11.3 Å². The molecule has 0 aliphatic carbocycles. The fraction of sp³-hybridized carbons (Fsp3) is 0.300. The highest BCUT2D eigenvalue weighted by atomic mass is 32.1. The summed E-state index contributed by atoms with van der Waals surface area (Å²) in [6.07, 6.45) is -5.22. The van der Waals surface area contributed by atoms with Gasteiger partial charge in [0.2, 0.25) is 0 Å². The second-order valence-electron chi connectivity index (χ2n) is 3.39. The van der Waals surface area contributed by atoms with Crippen molar-refractivity contribution in [3.05, 3.63) is 17.6 Å². The number of benzene rings is 1. The van der Waals surface area contributed by atoms with Crippen LogP contribution in [0.4, 0.5) is 18.9 Å². The second-order valence-corrected chi connectivity index (χ2v) is 4.28. The first-order valence-electron chi connectivity index (χ1n) is 4.78. The van der Waals surface area contributed by atoms with Crippen LogP contribution in [0, 0.1) is 0 Å². The van der Waals surface area contributed by atoms with Crippen molar-refractivity contribution >= 4 is 27.2 Å². The van der Waals surface area contributed by atoms with Crippen molar-refractivity contribution in [3.8, 4) is 5.75 Å². The molecule has 0 aliphatic heterocycles. The van der Waals surface area contributed by atoms with Crippen LogP contribution in [-0.4, -0.2) is 17.8 Å². The molecule has 0 spiro atoms. The zero-order valence-electron chi connectivity index (χ0n) is 8.62. The van der Waals surface area contributed by atoms with Crippen LogP contribution >= 0.6 is 11.3 Å². The standard InChI is InChI=1S/C10H9F3N2OS/c11-10(12,13)3-4-16-6-1-2-7-9(8(6)14)15-5-17-7/h1-2,5H,3-4,14H2. The molecule has 2 rings (SSSR count). The quantitative estimate of drug-likeness (QED) is 0.864. The minimum atomic E-state index is -4.22. The number of hydrogen-bond donors (Lipinski definition) is 1. The third-order valence-electron chi connectivity index (χ3n) is 2.14. The molecule has 0 aliphatic rings. The van der Waals surface area contributed by atoms with Crippen LogP contribution in [0.15, 0.2) is 17.6 Å². The molecule has 1 aromatic heterocycles. The monoisotopic (exact) mass is 262 g/mol. The molecule has 0 radical (unpaired) electrons. The van der Waals surface area contributed by atoms with Crippen LogP contribution in [0.3, 0.4) is 0 Å². The van der Waals surface area contributed by atoms with E-state index in [1.807, 2.05) is 0 Å². The Labute approximate surface area is 99.0 Å². The zero-order chi connectivity index (χ0) is 12.5. The molecular weight excluding hydrogens is 253 g/mol. The van der Waals surface area contributed by atoms with Crippen molar-refractivity contribution in [2.75, 3.05) is 12.3 Å². The van der Waals surface area contributed by atoms with Crippen molar-refractivity contribution in [1.82, 2.24) is 4.98 Å². The van der Waals surface area contributed by atoms with E-state index in [2.05, 4.69) is 4.98 Å². The Bertz CT molecular complexity index is 524. The third kappa shape index (κ3) is 2.79. The summed E-state index contributed by atoms with van der Waals surface area (Å²) in [4.78, 5) is 4.03. The molecule has 0 unspecified atom stereocenters. The molecule has 92 valence electrons. The molecule has 1 heterocycles. The Morgan fingerprint density at radius 3 is 2.82 bits per heavy atom. The van der Waals surface area contributed by atoms with Gasteiger partial charge in [0.05, 0.1) is 23.2 Å². The summed E-state index contributed by atoms with van der Waals surface area (Å²) < 4.78 is 41.7. The van der Waals surface area contributed by atoms with Gasteiger partial charge in [0.25, 0.3) is 0 Å². The number of fused-ring (bicyclic) bond motifs is 1. The molecule has 0 bridgehead atoms. The molecule has 0 fully saturated rings. The van der Waals surface area contributed by atoms with Gasteiger partial charge >= 0.3 is 6.18 Å². The number of nitrogens with two attached hydrogens (primary N) is 1. The number of nitrogens with zero attached hydrogens (tertiary/aromatic N) is 1. The predicted molar refractivity (Wildman–Crippen MR) is 60.2 cm³/mol. The minimum absolute atomic E-state index is 0.243. The maximum absolute atomic E-state index is 11.9. The molecule has 2 N–H and O–H groups in total. The van der Waals surface area contributed by atoms with E-state index in [1.165, 1.54) is 11.3 Å². The zero-order valence-corrected chi connectivity index (χ0v) is 9.44. The lowest BCUT2D eigenvalue weighted by Crippen LogP contribution is -2.13. The number of rotatable bonds is 3. The van der Waals surface area contributed by atoms with Crippen LogP contribution in [0.5, 0.6) is 5.75 Å². The second kappa shape index (κ2) is 4.40. The van der Waals surface area contributed by atoms with Gasteiger partial charge < -0.3 is 10.5 Å². The van der Waals surface area contributed by atoms with Gasteiger partial charge in [0.15, 0.2) is 0 Å². The summed E-state index contributed by atoms with van der Waals surface area (Å²) in [6.45, 7) is -0.441. The molecular formula is C10H9F3N2OS. The maximum Gasteiger partial charge on any atom is 0.392 e. The first kappa shape index (κ1) is 12.0. The number of alkyl halides is 3. The van der Waals surface area contributed by atoms with Gasteiger partial charge in [0.1, 0.15) is 17.0 Å². The molecule has 3 nitrogen and oxygen atoms in total. The molecule has 0 saturated carbocycles. The van der Waals surface area contributed by atoms with Gasteiger partial charge in [-0.2, -0.15) is 13.2 Å². The lowest BCUT2D eigenvalue weighted by molar-refractivity contribution is -0.139. The van der Waals surface area contributed by atoms with Crippen LogP contribution in [0.25, 0.3) is 10.2 Å². The Kier molecular flexibility index (Phi) is 3.10. The summed E-state index contributed by atoms with van der Waals surface area (Å²) in [5.41, 5.74) is 8.23. The summed E-state index contributed by atoms with van der Waals surface area (Å²) in [5.74, 6) is 0.243. The van der Waals surface area contributed by atoms with Crippen molar-refractivity contribution in [3.63, 3.8) is 0 Å². The van der Waals surface area contributed by atoms with E-state index in [4.69, 9.17) is 10.5 Å². The predicted octanol–water partition coefficient (Wildman–Crippen LogP) is 3.21.